The Morgan fingerprint density at radius 3 is 1.86 bits per heavy atom. The van der Waals surface area contributed by atoms with Crippen LogP contribution in [0.3, 0.4) is 0 Å². The van der Waals surface area contributed by atoms with Crippen LogP contribution in [-0.2, 0) is 0 Å². The highest BCUT2D eigenvalue weighted by atomic mass is 16.6. The summed E-state index contributed by atoms with van der Waals surface area (Å²) in [5.41, 5.74) is 0. The van der Waals surface area contributed by atoms with Crippen LogP contribution in [-0.4, -0.2) is 26.4 Å². The monoisotopic (exact) mass is 310 g/mol. The first-order valence-corrected chi connectivity index (χ1v) is 8.46. The molecule has 0 aliphatic rings. The van der Waals surface area contributed by atoms with Gasteiger partial charge in [0.15, 0.2) is 11.5 Å². The fourth-order valence-electron chi connectivity index (χ4n) is 2.07. The number of ether oxygens (including phenoxy) is 4. The van der Waals surface area contributed by atoms with Crippen LogP contribution in [0.1, 0.15) is 53.4 Å². The highest BCUT2D eigenvalue weighted by Gasteiger charge is 2.18. The molecule has 1 aromatic carbocycles. The number of hydrogen-bond acceptors (Lipinski definition) is 4. The topological polar surface area (TPSA) is 36.9 Å². The first-order chi connectivity index (χ1) is 10.8. The van der Waals surface area contributed by atoms with E-state index in [1.165, 1.54) is 12.8 Å². The summed E-state index contributed by atoms with van der Waals surface area (Å²) in [6, 6.07) is 3.80. The zero-order chi connectivity index (χ0) is 16.2. The van der Waals surface area contributed by atoms with Crippen molar-refractivity contribution < 1.29 is 18.9 Å². The van der Waals surface area contributed by atoms with E-state index < -0.39 is 0 Å². The molecule has 22 heavy (non-hydrogen) atoms. The van der Waals surface area contributed by atoms with Gasteiger partial charge in [0.05, 0.1) is 26.4 Å². The second-order valence-electron chi connectivity index (χ2n) is 4.99. The van der Waals surface area contributed by atoms with Crippen LogP contribution < -0.4 is 18.9 Å². The van der Waals surface area contributed by atoms with E-state index in [1.54, 1.807) is 0 Å². The molecule has 0 N–H and O–H groups in total. The van der Waals surface area contributed by atoms with E-state index in [2.05, 4.69) is 13.8 Å². The molecule has 0 radical (unpaired) electrons. The summed E-state index contributed by atoms with van der Waals surface area (Å²) in [4.78, 5) is 0. The van der Waals surface area contributed by atoms with Crippen LogP contribution in [0.25, 0.3) is 0 Å². The molecule has 4 heteroatoms. The van der Waals surface area contributed by atoms with Gasteiger partial charge in [-0.15, -0.1) is 0 Å². The molecule has 1 rings (SSSR count). The van der Waals surface area contributed by atoms with Gasteiger partial charge in [-0.05, 0) is 38.8 Å². The van der Waals surface area contributed by atoms with Crippen LogP contribution in [0.4, 0.5) is 0 Å². The van der Waals surface area contributed by atoms with Gasteiger partial charge in [0.1, 0.15) is 0 Å². The molecule has 0 spiro atoms. The van der Waals surface area contributed by atoms with Gasteiger partial charge in [-0.3, -0.25) is 0 Å². The van der Waals surface area contributed by atoms with Gasteiger partial charge < -0.3 is 18.9 Å². The van der Waals surface area contributed by atoms with Crippen molar-refractivity contribution in [1.82, 2.24) is 0 Å². The lowest BCUT2D eigenvalue weighted by molar-refractivity contribution is 0.233. The third kappa shape index (κ3) is 5.66. The maximum absolute atomic E-state index is 5.90. The molecule has 0 aliphatic heterocycles. The Morgan fingerprint density at radius 2 is 1.27 bits per heavy atom. The second-order valence-corrected chi connectivity index (χ2v) is 4.99. The molecule has 126 valence electrons. The van der Waals surface area contributed by atoms with Crippen molar-refractivity contribution in [2.24, 2.45) is 0 Å². The van der Waals surface area contributed by atoms with Gasteiger partial charge in [-0.25, -0.2) is 0 Å². The largest absolute Gasteiger partial charge is 0.490 e. The Hall–Kier alpha value is -1.58. The molecule has 0 saturated heterocycles. The summed E-state index contributed by atoms with van der Waals surface area (Å²) >= 11 is 0. The lowest BCUT2D eigenvalue weighted by Gasteiger charge is -2.19. The highest BCUT2D eigenvalue weighted by Crippen LogP contribution is 2.44. The van der Waals surface area contributed by atoms with Crippen LogP contribution >= 0.6 is 0 Å². The summed E-state index contributed by atoms with van der Waals surface area (Å²) in [6.45, 7) is 10.6. The average Bonchev–Trinajstić information content (AvgIpc) is 2.53. The molecule has 0 bridgehead atoms. The second kappa shape index (κ2) is 11.0. The number of benzene rings is 1. The minimum absolute atomic E-state index is 0.557. The summed E-state index contributed by atoms with van der Waals surface area (Å²) < 4.78 is 23.2. The molecule has 0 atom stereocenters. The predicted octanol–water partition coefficient (Wildman–Crippen LogP) is 4.84. The normalized spacial score (nSPS) is 10.4. The van der Waals surface area contributed by atoms with Crippen molar-refractivity contribution in [2.45, 2.75) is 53.4 Å². The van der Waals surface area contributed by atoms with E-state index in [9.17, 15) is 0 Å². The van der Waals surface area contributed by atoms with Gasteiger partial charge in [-0.2, -0.15) is 0 Å². The van der Waals surface area contributed by atoms with Gasteiger partial charge in [0.2, 0.25) is 11.5 Å². The fourth-order valence-corrected chi connectivity index (χ4v) is 2.07. The zero-order valence-electron chi connectivity index (χ0n) is 14.4. The molecule has 0 aliphatic carbocycles. The molecule has 0 unspecified atom stereocenters. The minimum Gasteiger partial charge on any atom is -0.490 e. The highest BCUT2D eigenvalue weighted by molar-refractivity contribution is 5.59. The lowest BCUT2D eigenvalue weighted by atomic mass is 10.2. The van der Waals surface area contributed by atoms with E-state index in [0.717, 1.165) is 18.6 Å². The van der Waals surface area contributed by atoms with Gasteiger partial charge in [-0.1, -0.05) is 26.7 Å². The summed E-state index contributed by atoms with van der Waals surface area (Å²) in [5, 5.41) is 0. The predicted molar refractivity (Wildman–Crippen MR) is 89.6 cm³/mol. The minimum atomic E-state index is 0.557. The molecular formula is C18H30O4. The number of unbranched alkanes of at least 4 members (excludes halogenated alkanes) is 2. The SMILES string of the molecule is CCCCCOc1ccc(OCC)c(OCC)c1OCCC. The molecule has 4 nitrogen and oxygen atoms in total. The molecule has 1 aromatic rings. The average molecular weight is 310 g/mol. The van der Waals surface area contributed by atoms with Crippen LogP contribution in [0.2, 0.25) is 0 Å². The fraction of sp³-hybridized carbons (Fsp3) is 0.667. The maximum atomic E-state index is 5.90. The van der Waals surface area contributed by atoms with Crippen molar-refractivity contribution in [1.29, 1.82) is 0 Å². The zero-order valence-corrected chi connectivity index (χ0v) is 14.4. The van der Waals surface area contributed by atoms with Crippen LogP contribution in [0.15, 0.2) is 12.1 Å². The molecule has 0 aromatic heterocycles. The molecule has 0 fully saturated rings. The lowest BCUT2D eigenvalue weighted by Crippen LogP contribution is -2.06. The molecular weight excluding hydrogens is 280 g/mol. The smallest absolute Gasteiger partial charge is 0.207 e. The van der Waals surface area contributed by atoms with Gasteiger partial charge in [0, 0.05) is 0 Å². The first kappa shape index (κ1) is 18.5. The van der Waals surface area contributed by atoms with E-state index in [0.29, 0.717) is 43.7 Å². The van der Waals surface area contributed by atoms with Crippen LogP contribution in [0.5, 0.6) is 23.0 Å². The van der Waals surface area contributed by atoms with Crippen molar-refractivity contribution in [3.05, 3.63) is 12.1 Å². The Kier molecular flexibility index (Phi) is 9.28. The standard InChI is InChI=1S/C18H30O4/c1-5-9-10-14-21-16-12-11-15(19-7-3)17(20-8-4)18(16)22-13-6-2/h11-12H,5-10,13-14H2,1-4H3. The third-order valence-electron chi connectivity index (χ3n) is 3.08. The van der Waals surface area contributed by atoms with Gasteiger partial charge >= 0.3 is 0 Å². The van der Waals surface area contributed by atoms with Crippen molar-refractivity contribution in [3.8, 4) is 23.0 Å². The Morgan fingerprint density at radius 1 is 0.636 bits per heavy atom. The summed E-state index contributed by atoms with van der Waals surface area (Å²) in [6.07, 6.45) is 4.32. The third-order valence-corrected chi connectivity index (χ3v) is 3.08. The number of hydrogen-bond donors (Lipinski definition) is 0. The molecule has 0 amide bonds. The summed E-state index contributed by atoms with van der Waals surface area (Å²) in [7, 11) is 0. The maximum Gasteiger partial charge on any atom is 0.207 e. The van der Waals surface area contributed by atoms with Crippen LogP contribution in [0, 0.1) is 0 Å². The molecule has 0 heterocycles. The van der Waals surface area contributed by atoms with E-state index in [1.807, 2.05) is 26.0 Å². The molecule has 0 saturated carbocycles. The van der Waals surface area contributed by atoms with Gasteiger partial charge in [0.25, 0.3) is 0 Å². The first-order valence-electron chi connectivity index (χ1n) is 8.46. The van der Waals surface area contributed by atoms with Crippen molar-refractivity contribution in [3.63, 3.8) is 0 Å². The quantitative estimate of drug-likeness (QED) is 0.518. The Labute approximate surface area is 134 Å². The summed E-state index contributed by atoms with van der Waals surface area (Å²) in [5.74, 6) is 2.74. The van der Waals surface area contributed by atoms with E-state index in [-0.39, 0.29) is 0 Å². The Balaban J connectivity index is 2.98. The van der Waals surface area contributed by atoms with Crippen molar-refractivity contribution in [2.75, 3.05) is 26.4 Å². The van der Waals surface area contributed by atoms with E-state index >= 15 is 0 Å². The number of rotatable bonds is 12. The Bertz CT molecular complexity index is 418. The van der Waals surface area contributed by atoms with Crippen molar-refractivity contribution >= 4 is 0 Å². The van der Waals surface area contributed by atoms with E-state index in [4.69, 9.17) is 18.9 Å².